The van der Waals surface area contributed by atoms with Crippen LogP contribution in [0.5, 0.6) is 5.75 Å². The second-order valence-corrected chi connectivity index (χ2v) is 3.78. The fraction of sp³-hybridized carbons (Fsp3) is 0.400. The minimum absolute atomic E-state index is 0.252. The van der Waals surface area contributed by atoms with Crippen LogP contribution >= 0.6 is 23.2 Å². The lowest BCUT2D eigenvalue weighted by Gasteiger charge is -2.22. The van der Waals surface area contributed by atoms with Gasteiger partial charge in [-0.15, -0.1) is 23.2 Å². The maximum Gasteiger partial charge on any atom is 0.115 e. The van der Waals surface area contributed by atoms with Gasteiger partial charge in [0, 0.05) is 30.5 Å². The van der Waals surface area contributed by atoms with E-state index in [2.05, 4.69) is 5.43 Å². The van der Waals surface area contributed by atoms with Gasteiger partial charge in [0.05, 0.1) is 0 Å². The zero-order valence-corrected chi connectivity index (χ0v) is 9.80. The molecule has 0 saturated carbocycles. The molecule has 0 atom stereocenters. The summed E-state index contributed by atoms with van der Waals surface area (Å²) in [6.45, 7) is 1.43. The van der Waals surface area contributed by atoms with Gasteiger partial charge in [-0.2, -0.15) is 0 Å². The number of nitrogens with zero attached hydrogens (tertiary/aromatic N) is 1. The second-order valence-electron chi connectivity index (χ2n) is 3.02. The number of hydrogen-bond donors (Lipinski definition) is 2. The lowest BCUT2D eigenvalue weighted by Crippen LogP contribution is -2.33. The first-order chi connectivity index (χ1) is 7.26. The van der Waals surface area contributed by atoms with E-state index in [1.54, 1.807) is 24.3 Å². The number of phenolic OH excluding ortho intramolecular Hbond substituents is 1. The van der Waals surface area contributed by atoms with Crippen molar-refractivity contribution in [2.24, 2.45) is 0 Å². The normalized spacial score (nSPS) is 10.6. The van der Waals surface area contributed by atoms with E-state index in [0.717, 1.165) is 18.8 Å². The molecule has 0 saturated heterocycles. The number of alkyl halides is 2. The van der Waals surface area contributed by atoms with Gasteiger partial charge in [0.15, 0.2) is 0 Å². The van der Waals surface area contributed by atoms with Crippen molar-refractivity contribution in [1.82, 2.24) is 5.01 Å². The lowest BCUT2D eigenvalue weighted by atomic mass is 10.3. The predicted octanol–water partition coefficient (Wildman–Crippen LogP) is 2.50. The number of hydrazine groups is 1. The van der Waals surface area contributed by atoms with E-state index in [4.69, 9.17) is 28.3 Å². The highest BCUT2D eigenvalue weighted by atomic mass is 35.5. The molecule has 0 aromatic heterocycles. The highest BCUT2D eigenvalue weighted by Crippen LogP contribution is 2.14. The van der Waals surface area contributed by atoms with Crippen molar-refractivity contribution >= 4 is 28.9 Å². The summed E-state index contributed by atoms with van der Waals surface area (Å²) in [6, 6.07) is 6.85. The lowest BCUT2D eigenvalue weighted by molar-refractivity contribution is 0.371. The molecule has 84 valence electrons. The molecule has 1 aromatic carbocycles. The Morgan fingerprint density at radius 1 is 1.07 bits per heavy atom. The summed E-state index contributed by atoms with van der Waals surface area (Å²) in [5.74, 6) is 1.34. The predicted molar refractivity (Wildman–Crippen MR) is 64.7 cm³/mol. The molecule has 0 aliphatic rings. The van der Waals surface area contributed by atoms with Crippen LogP contribution < -0.4 is 5.43 Å². The van der Waals surface area contributed by atoms with Crippen molar-refractivity contribution in [1.29, 1.82) is 0 Å². The number of aromatic hydroxyl groups is 1. The van der Waals surface area contributed by atoms with Crippen LogP contribution in [-0.4, -0.2) is 35.0 Å². The summed E-state index contributed by atoms with van der Waals surface area (Å²) >= 11 is 11.3. The van der Waals surface area contributed by atoms with Gasteiger partial charge < -0.3 is 10.5 Å². The minimum Gasteiger partial charge on any atom is -0.508 e. The first-order valence-electron chi connectivity index (χ1n) is 4.69. The van der Waals surface area contributed by atoms with Gasteiger partial charge in [0.2, 0.25) is 0 Å². The molecule has 0 aliphatic carbocycles. The monoisotopic (exact) mass is 248 g/mol. The molecule has 0 aliphatic heterocycles. The van der Waals surface area contributed by atoms with E-state index in [1.807, 2.05) is 5.01 Å². The molecule has 0 unspecified atom stereocenters. The van der Waals surface area contributed by atoms with E-state index in [-0.39, 0.29) is 5.75 Å². The molecule has 0 fully saturated rings. The quantitative estimate of drug-likeness (QED) is 0.462. The first kappa shape index (κ1) is 12.4. The Bertz CT molecular complexity index is 273. The highest BCUT2D eigenvalue weighted by molar-refractivity contribution is 6.18. The van der Waals surface area contributed by atoms with Crippen molar-refractivity contribution < 1.29 is 5.11 Å². The van der Waals surface area contributed by atoms with Gasteiger partial charge in [0.25, 0.3) is 0 Å². The molecule has 2 N–H and O–H groups in total. The van der Waals surface area contributed by atoms with Crippen LogP contribution in [0.1, 0.15) is 0 Å². The smallest absolute Gasteiger partial charge is 0.115 e. The number of halogens is 2. The Kier molecular flexibility index (Phi) is 5.61. The van der Waals surface area contributed by atoms with E-state index in [9.17, 15) is 0 Å². The van der Waals surface area contributed by atoms with Crippen LogP contribution in [0.15, 0.2) is 24.3 Å². The summed E-state index contributed by atoms with van der Waals surface area (Å²) in [5, 5.41) is 11.1. The molecule has 0 spiro atoms. The fourth-order valence-electron chi connectivity index (χ4n) is 1.15. The molecule has 3 nitrogen and oxygen atoms in total. The van der Waals surface area contributed by atoms with Gasteiger partial charge in [-0.1, -0.05) is 0 Å². The van der Waals surface area contributed by atoms with Gasteiger partial charge in [-0.05, 0) is 24.3 Å². The number of phenols is 1. The maximum atomic E-state index is 9.11. The highest BCUT2D eigenvalue weighted by Gasteiger charge is 2.02. The van der Waals surface area contributed by atoms with Crippen molar-refractivity contribution in [3.05, 3.63) is 24.3 Å². The number of hydrogen-bond acceptors (Lipinski definition) is 3. The summed E-state index contributed by atoms with van der Waals surface area (Å²) in [7, 11) is 0. The van der Waals surface area contributed by atoms with Crippen LogP contribution in [0.25, 0.3) is 0 Å². The van der Waals surface area contributed by atoms with E-state index >= 15 is 0 Å². The molecular formula is C10H14Cl2N2O. The van der Waals surface area contributed by atoms with Crippen LogP contribution in [0, 0.1) is 0 Å². The third-order valence-corrected chi connectivity index (χ3v) is 2.20. The van der Waals surface area contributed by atoms with E-state index in [0.29, 0.717) is 11.8 Å². The van der Waals surface area contributed by atoms with Crippen molar-refractivity contribution in [2.45, 2.75) is 0 Å². The Hall–Kier alpha value is -0.640. The SMILES string of the molecule is Oc1ccc(NN(CCCl)CCCl)cc1. The Balaban J connectivity index is 2.53. The zero-order valence-electron chi connectivity index (χ0n) is 8.29. The Labute approximate surface area is 99.6 Å². The summed E-state index contributed by atoms with van der Waals surface area (Å²) in [6.07, 6.45) is 0. The maximum absolute atomic E-state index is 9.11. The number of anilines is 1. The fourth-order valence-corrected chi connectivity index (χ4v) is 1.55. The molecule has 5 heteroatoms. The molecular weight excluding hydrogens is 235 g/mol. The molecule has 0 bridgehead atoms. The Morgan fingerprint density at radius 3 is 2.07 bits per heavy atom. The third-order valence-electron chi connectivity index (χ3n) is 1.86. The summed E-state index contributed by atoms with van der Waals surface area (Å²) in [4.78, 5) is 0. The second kappa shape index (κ2) is 6.77. The molecule has 1 aromatic rings. The number of rotatable bonds is 6. The van der Waals surface area contributed by atoms with Gasteiger partial charge >= 0.3 is 0 Å². The van der Waals surface area contributed by atoms with E-state index in [1.165, 1.54) is 0 Å². The standard InChI is InChI=1S/C10H14Cl2N2O/c11-5-7-14(8-6-12)13-9-1-3-10(15)4-2-9/h1-4,13,15H,5-8H2. The van der Waals surface area contributed by atoms with Crippen molar-refractivity contribution in [2.75, 3.05) is 30.3 Å². The zero-order chi connectivity index (χ0) is 11.1. The van der Waals surface area contributed by atoms with Crippen LogP contribution in [0.3, 0.4) is 0 Å². The van der Waals surface area contributed by atoms with Gasteiger partial charge in [-0.25, -0.2) is 5.01 Å². The third kappa shape index (κ3) is 4.60. The van der Waals surface area contributed by atoms with Crippen LogP contribution in [0.2, 0.25) is 0 Å². The van der Waals surface area contributed by atoms with Crippen molar-refractivity contribution in [3.8, 4) is 5.75 Å². The molecule has 1 rings (SSSR count). The summed E-state index contributed by atoms with van der Waals surface area (Å²) in [5.41, 5.74) is 4.07. The van der Waals surface area contributed by atoms with Crippen LogP contribution in [0.4, 0.5) is 5.69 Å². The van der Waals surface area contributed by atoms with Crippen molar-refractivity contribution in [3.63, 3.8) is 0 Å². The van der Waals surface area contributed by atoms with E-state index < -0.39 is 0 Å². The Morgan fingerprint density at radius 2 is 1.60 bits per heavy atom. The average Bonchev–Trinajstić information content (AvgIpc) is 2.22. The molecule has 0 radical (unpaired) electrons. The number of nitrogens with one attached hydrogen (secondary N) is 1. The topological polar surface area (TPSA) is 35.5 Å². The molecule has 0 heterocycles. The average molecular weight is 249 g/mol. The van der Waals surface area contributed by atoms with Gasteiger partial charge in [-0.3, -0.25) is 0 Å². The number of benzene rings is 1. The summed E-state index contributed by atoms with van der Waals surface area (Å²) < 4.78 is 0. The minimum atomic E-state index is 0.252. The molecule has 15 heavy (non-hydrogen) atoms. The molecule has 0 amide bonds. The largest absolute Gasteiger partial charge is 0.508 e. The first-order valence-corrected chi connectivity index (χ1v) is 5.75. The van der Waals surface area contributed by atoms with Gasteiger partial charge in [0.1, 0.15) is 5.75 Å². The van der Waals surface area contributed by atoms with Crippen LogP contribution in [-0.2, 0) is 0 Å².